The first-order valence-electron chi connectivity index (χ1n) is 22.5. The lowest BCUT2D eigenvalue weighted by Crippen LogP contribution is -2.22. The number of rotatable bonds is 24. The molecule has 4 aromatic carbocycles. The van der Waals surface area contributed by atoms with Crippen molar-refractivity contribution in [1.29, 1.82) is 0 Å². The van der Waals surface area contributed by atoms with Crippen LogP contribution in [0.5, 0.6) is 17.2 Å². The van der Waals surface area contributed by atoms with E-state index in [9.17, 15) is 0 Å². The molecule has 0 fully saturated rings. The minimum absolute atomic E-state index is 0.0806. The first-order valence-corrected chi connectivity index (χ1v) is 23.6. The molecule has 0 radical (unpaired) electrons. The molecule has 0 heterocycles. The minimum atomic E-state index is -1.84. The van der Waals surface area contributed by atoms with Crippen LogP contribution in [0, 0.1) is 0 Å². The fraction of sp³-hybridized carbons (Fsp3) is 0.547. The second kappa shape index (κ2) is 22.8. The fourth-order valence-electron chi connectivity index (χ4n) is 7.57. The number of hydrogen-bond acceptors (Lipinski definition) is 3. The van der Waals surface area contributed by atoms with Crippen LogP contribution in [0.3, 0.4) is 0 Å². The summed E-state index contributed by atoms with van der Waals surface area (Å²) in [6, 6.07) is 32.8. The van der Waals surface area contributed by atoms with Crippen molar-refractivity contribution in [3.05, 3.63) is 124 Å². The molecule has 0 aliphatic rings. The highest BCUT2D eigenvalue weighted by molar-refractivity contribution is 7.43. The minimum Gasteiger partial charge on any atom is -0.408 e. The molecule has 0 saturated heterocycles. The van der Waals surface area contributed by atoms with Crippen molar-refractivity contribution in [1.82, 2.24) is 0 Å². The Hall–Kier alpha value is -3.29. The maximum Gasteiger partial charge on any atom is 0.530 e. The summed E-state index contributed by atoms with van der Waals surface area (Å²) in [5.41, 5.74) is 7.19. The Bertz CT molecular complexity index is 1700. The van der Waals surface area contributed by atoms with Gasteiger partial charge in [-0.1, -0.05) is 219 Å². The summed E-state index contributed by atoms with van der Waals surface area (Å²) in [7, 11) is -1.84. The molecule has 0 amide bonds. The van der Waals surface area contributed by atoms with Gasteiger partial charge in [0.15, 0.2) is 0 Å². The maximum atomic E-state index is 7.01. The van der Waals surface area contributed by atoms with Crippen LogP contribution < -0.4 is 13.6 Å². The molecule has 57 heavy (non-hydrogen) atoms. The third kappa shape index (κ3) is 14.8. The van der Waals surface area contributed by atoms with Gasteiger partial charge in [0.2, 0.25) is 0 Å². The van der Waals surface area contributed by atoms with E-state index in [1.54, 1.807) is 0 Å². The smallest absolute Gasteiger partial charge is 0.408 e. The van der Waals surface area contributed by atoms with E-state index in [4.69, 9.17) is 13.6 Å². The summed E-state index contributed by atoms with van der Waals surface area (Å²) in [6.45, 7) is 22.9. The third-order valence-electron chi connectivity index (χ3n) is 11.5. The van der Waals surface area contributed by atoms with E-state index in [-0.39, 0.29) is 16.2 Å². The van der Waals surface area contributed by atoms with Crippen LogP contribution in [0.15, 0.2) is 91.0 Å². The first kappa shape index (κ1) is 46.4. The molecular weight excluding hydrogens is 716 g/mol. The van der Waals surface area contributed by atoms with Crippen LogP contribution in [0.4, 0.5) is 0 Å². The van der Waals surface area contributed by atoms with Crippen LogP contribution in [0.25, 0.3) is 0 Å². The average Bonchev–Trinajstić information content (AvgIpc) is 3.17. The van der Waals surface area contributed by atoms with E-state index >= 15 is 0 Å². The topological polar surface area (TPSA) is 27.7 Å². The molecular formula is C53H77O3P. The Labute approximate surface area is 350 Å². The summed E-state index contributed by atoms with van der Waals surface area (Å²) < 4.78 is 20.8. The molecule has 0 aromatic heterocycles. The van der Waals surface area contributed by atoms with Gasteiger partial charge in [0.05, 0.1) is 0 Å². The lowest BCUT2D eigenvalue weighted by molar-refractivity contribution is 0.378. The van der Waals surface area contributed by atoms with Crippen molar-refractivity contribution in [2.45, 2.75) is 188 Å². The molecule has 0 aliphatic heterocycles. The largest absolute Gasteiger partial charge is 0.530 e. The van der Waals surface area contributed by atoms with Crippen molar-refractivity contribution in [3.8, 4) is 17.2 Å². The molecule has 4 rings (SSSR count). The zero-order valence-electron chi connectivity index (χ0n) is 37.6. The van der Waals surface area contributed by atoms with Crippen LogP contribution >= 0.6 is 8.60 Å². The van der Waals surface area contributed by atoms with Gasteiger partial charge in [0.1, 0.15) is 17.2 Å². The predicted molar refractivity (Wildman–Crippen MR) is 247 cm³/mol. The zero-order valence-corrected chi connectivity index (χ0v) is 38.5. The van der Waals surface area contributed by atoms with E-state index in [0.29, 0.717) is 0 Å². The monoisotopic (exact) mass is 793 g/mol. The van der Waals surface area contributed by atoms with Gasteiger partial charge in [0, 0.05) is 11.0 Å². The van der Waals surface area contributed by atoms with Crippen molar-refractivity contribution in [2.24, 2.45) is 0 Å². The molecule has 0 atom stereocenters. The lowest BCUT2D eigenvalue weighted by atomic mass is 9.74. The van der Waals surface area contributed by atoms with Gasteiger partial charge in [-0.2, -0.15) is 0 Å². The Morgan fingerprint density at radius 2 is 0.842 bits per heavy atom. The molecule has 4 aromatic rings. The Morgan fingerprint density at radius 1 is 0.404 bits per heavy atom. The standard InChI is InChI=1S/C53H77O3P/c1-11-13-15-17-19-21-23-30-42-32-25-27-36-48(42)54-57(55-49-37-28-26-33-43(49)31-24-22-20-18-16-14-12-2)56-50-39-38-46(41-47(50)52(6,7)8)53(9,10)45-35-29-34-44(40-45)51(3,4)5/h25-29,32-41H,11-24,30-31H2,1-10H3. The number of para-hydroxylation sites is 2. The fourth-order valence-corrected chi connectivity index (χ4v) is 8.68. The number of benzene rings is 4. The van der Waals surface area contributed by atoms with Crippen LogP contribution in [-0.4, -0.2) is 0 Å². The van der Waals surface area contributed by atoms with Gasteiger partial charge in [-0.05, 0) is 82.5 Å². The number of aryl methyl sites for hydroxylation is 2. The second-order valence-electron chi connectivity index (χ2n) is 18.9. The summed E-state index contributed by atoms with van der Waals surface area (Å²) in [5.74, 6) is 2.52. The molecule has 0 N–H and O–H groups in total. The Kier molecular flexibility index (Phi) is 18.5. The van der Waals surface area contributed by atoms with Crippen molar-refractivity contribution >= 4 is 8.60 Å². The van der Waals surface area contributed by atoms with Crippen LogP contribution in [0.1, 0.15) is 193 Å². The van der Waals surface area contributed by atoms with Gasteiger partial charge in [0.25, 0.3) is 0 Å². The van der Waals surface area contributed by atoms with E-state index in [2.05, 4.69) is 160 Å². The highest BCUT2D eigenvalue weighted by Crippen LogP contribution is 2.48. The van der Waals surface area contributed by atoms with Crippen LogP contribution in [-0.2, 0) is 29.1 Å². The molecule has 0 unspecified atom stereocenters. The quantitative estimate of drug-likeness (QED) is 0.0522. The molecule has 0 spiro atoms. The molecule has 0 aliphatic carbocycles. The maximum absolute atomic E-state index is 7.01. The molecule has 312 valence electrons. The third-order valence-corrected chi connectivity index (χ3v) is 12.6. The highest BCUT2D eigenvalue weighted by atomic mass is 31.2. The molecule has 3 nitrogen and oxygen atoms in total. The summed E-state index contributed by atoms with van der Waals surface area (Å²) in [6.07, 6.45) is 19.9. The summed E-state index contributed by atoms with van der Waals surface area (Å²) in [4.78, 5) is 0. The van der Waals surface area contributed by atoms with E-state index in [1.165, 1.54) is 105 Å². The van der Waals surface area contributed by atoms with E-state index < -0.39 is 8.60 Å². The summed E-state index contributed by atoms with van der Waals surface area (Å²) in [5, 5.41) is 0. The van der Waals surface area contributed by atoms with E-state index in [1.807, 2.05) is 0 Å². The molecule has 0 saturated carbocycles. The Balaban J connectivity index is 1.64. The Morgan fingerprint density at radius 3 is 1.33 bits per heavy atom. The van der Waals surface area contributed by atoms with Gasteiger partial charge in [-0.3, -0.25) is 0 Å². The van der Waals surface area contributed by atoms with Crippen molar-refractivity contribution < 1.29 is 13.6 Å². The van der Waals surface area contributed by atoms with Gasteiger partial charge in [-0.25, -0.2) is 0 Å². The number of hydrogen-bond donors (Lipinski definition) is 0. The highest BCUT2D eigenvalue weighted by Gasteiger charge is 2.31. The SMILES string of the molecule is CCCCCCCCCc1ccccc1OP(Oc1ccccc1CCCCCCCCC)Oc1ccc(C(C)(C)c2cccc(C(C)(C)C)c2)cc1C(C)(C)C. The zero-order chi connectivity index (χ0) is 41.3. The van der Waals surface area contributed by atoms with Gasteiger partial charge < -0.3 is 13.6 Å². The molecule has 4 heteroatoms. The second-order valence-corrected chi connectivity index (χ2v) is 19.9. The first-order chi connectivity index (χ1) is 27.2. The number of unbranched alkanes of at least 4 members (excludes halogenated alkanes) is 12. The van der Waals surface area contributed by atoms with E-state index in [0.717, 1.165) is 48.5 Å². The predicted octanol–water partition coefficient (Wildman–Crippen LogP) is 17.0. The lowest BCUT2D eigenvalue weighted by Gasteiger charge is -2.31. The summed E-state index contributed by atoms with van der Waals surface area (Å²) >= 11 is 0. The molecule has 0 bridgehead atoms. The van der Waals surface area contributed by atoms with Crippen LogP contribution in [0.2, 0.25) is 0 Å². The van der Waals surface area contributed by atoms with Crippen molar-refractivity contribution in [2.75, 3.05) is 0 Å². The van der Waals surface area contributed by atoms with Gasteiger partial charge >= 0.3 is 8.60 Å². The van der Waals surface area contributed by atoms with Crippen molar-refractivity contribution in [3.63, 3.8) is 0 Å². The normalized spacial score (nSPS) is 12.3. The van der Waals surface area contributed by atoms with Gasteiger partial charge in [-0.15, -0.1) is 0 Å². The average molecular weight is 793 g/mol.